The number of thiazole rings is 1. The number of hydrogen-bond acceptors (Lipinski definition) is 4. The zero-order valence-electron chi connectivity index (χ0n) is 9.64. The second-order valence-electron chi connectivity index (χ2n) is 4.23. The van der Waals surface area contributed by atoms with Crippen molar-refractivity contribution >= 4 is 11.3 Å². The van der Waals surface area contributed by atoms with Crippen molar-refractivity contribution in [1.29, 1.82) is 0 Å². The summed E-state index contributed by atoms with van der Waals surface area (Å²) in [5.41, 5.74) is 0.239. The number of rotatable bonds is 3. The Kier molecular flexibility index (Phi) is 3.22. The summed E-state index contributed by atoms with van der Waals surface area (Å²) in [4.78, 5) is 8.03. The third-order valence-corrected chi connectivity index (χ3v) is 3.46. The normalized spacial score (nSPS) is 14.6. The van der Waals surface area contributed by atoms with E-state index in [1.54, 1.807) is 6.92 Å². The van der Waals surface area contributed by atoms with E-state index in [2.05, 4.69) is 9.97 Å². The van der Waals surface area contributed by atoms with Crippen LogP contribution in [0.25, 0.3) is 0 Å². The molecule has 2 rings (SSSR count). The number of nitrogens with zero attached hydrogens (tertiary/aromatic N) is 2. The number of aryl methyl sites for hydroxylation is 1. The van der Waals surface area contributed by atoms with Gasteiger partial charge in [-0.3, -0.25) is 4.98 Å². The summed E-state index contributed by atoms with van der Waals surface area (Å²) < 4.78 is 13.1. The van der Waals surface area contributed by atoms with Crippen LogP contribution in [0.2, 0.25) is 0 Å². The lowest BCUT2D eigenvalue weighted by Crippen LogP contribution is -2.24. The zero-order chi connectivity index (χ0) is 12.5. The monoisotopic (exact) mass is 252 g/mol. The standard InChI is InChI=1S/C12H13FN2OS/c1-8-7-17-11(15-8)4-12(2,16)9-3-10(13)6-14-5-9/h3,5-7,16H,4H2,1-2H3. The molecule has 0 aromatic carbocycles. The van der Waals surface area contributed by atoms with Crippen molar-refractivity contribution in [2.45, 2.75) is 25.9 Å². The molecule has 0 saturated heterocycles. The number of aliphatic hydroxyl groups is 1. The Labute approximate surface area is 103 Å². The second kappa shape index (κ2) is 4.50. The molecule has 0 saturated carbocycles. The first-order chi connectivity index (χ1) is 7.97. The molecule has 0 aliphatic carbocycles. The van der Waals surface area contributed by atoms with Crippen molar-refractivity contribution in [2.75, 3.05) is 0 Å². The highest BCUT2D eigenvalue weighted by atomic mass is 32.1. The minimum atomic E-state index is -1.15. The van der Waals surface area contributed by atoms with Gasteiger partial charge in [0.15, 0.2) is 0 Å². The molecule has 2 aromatic rings. The molecule has 0 radical (unpaired) electrons. The summed E-state index contributed by atoms with van der Waals surface area (Å²) in [5, 5.41) is 13.1. The molecule has 0 aliphatic heterocycles. The van der Waals surface area contributed by atoms with Crippen LogP contribution in [-0.4, -0.2) is 15.1 Å². The molecule has 1 N–H and O–H groups in total. The average Bonchev–Trinajstić information content (AvgIpc) is 2.63. The van der Waals surface area contributed by atoms with Crippen LogP contribution >= 0.6 is 11.3 Å². The Morgan fingerprint density at radius 1 is 1.47 bits per heavy atom. The van der Waals surface area contributed by atoms with Crippen LogP contribution in [0.4, 0.5) is 4.39 Å². The van der Waals surface area contributed by atoms with Gasteiger partial charge >= 0.3 is 0 Å². The van der Waals surface area contributed by atoms with Gasteiger partial charge < -0.3 is 5.11 Å². The largest absolute Gasteiger partial charge is 0.385 e. The van der Waals surface area contributed by atoms with Gasteiger partial charge in [-0.1, -0.05) is 0 Å². The van der Waals surface area contributed by atoms with E-state index >= 15 is 0 Å². The van der Waals surface area contributed by atoms with Crippen LogP contribution in [0.5, 0.6) is 0 Å². The van der Waals surface area contributed by atoms with Crippen molar-refractivity contribution in [1.82, 2.24) is 9.97 Å². The van der Waals surface area contributed by atoms with Crippen molar-refractivity contribution in [2.24, 2.45) is 0 Å². The fourth-order valence-corrected chi connectivity index (χ4v) is 2.51. The summed E-state index contributed by atoms with van der Waals surface area (Å²) in [6, 6.07) is 1.30. The van der Waals surface area contributed by atoms with Crippen molar-refractivity contribution < 1.29 is 9.50 Å². The number of pyridine rings is 1. The summed E-state index contributed by atoms with van der Waals surface area (Å²) in [6.07, 6.45) is 2.95. The minimum Gasteiger partial charge on any atom is -0.385 e. The smallest absolute Gasteiger partial charge is 0.141 e. The predicted octanol–water partition coefficient (Wildman–Crippen LogP) is 2.44. The van der Waals surface area contributed by atoms with E-state index in [0.29, 0.717) is 12.0 Å². The van der Waals surface area contributed by atoms with E-state index in [9.17, 15) is 9.50 Å². The molecule has 90 valence electrons. The highest BCUT2D eigenvalue weighted by Gasteiger charge is 2.25. The third kappa shape index (κ3) is 2.87. The Bertz CT molecular complexity index is 525. The first-order valence-electron chi connectivity index (χ1n) is 5.22. The molecule has 0 spiro atoms. The fourth-order valence-electron chi connectivity index (χ4n) is 1.59. The molecule has 0 fully saturated rings. The topological polar surface area (TPSA) is 46.0 Å². The molecular weight excluding hydrogens is 239 g/mol. The van der Waals surface area contributed by atoms with E-state index in [4.69, 9.17) is 0 Å². The van der Waals surface area contributed by atoms with Crippen LogP contribution in [0, 0.1) is 12.7 Å². The van der Waals surface area contributed by atoms with E-state index in [0.717, 1.165) is 16.9 Å². The lowest BCUT2D eigenvalue weighted by Gasteiger charge is -2.22. The zero-order valence-corrected chi connectivity index (χ0v) is 10.5. The maximum atomic E-state index is 13.1. The number of halogens is 1. The van der Waals surface area contributed by atoms with Gasteiger partial charge in [0.2, 0.25) is 0 Å². The highest BCUT2D eigenvalue weighted by Crippen LogP contribution is 2.26. The van der Waals surface area contributed by atoms with E-state index in [1.165, 1.54) is 23.6 Å². The predicted molar refractivity (Wildman–Crippen MR) is 64.3 cm³/mol. The summed E-state index contributed by atoms with van der Waals surface area (Å²) in [5.74, 6) is -0.446. The van der Waals surface area contributed by atoms with Crippen LogP contribution in [0.1, 0.15) is 23.2 Å². The van der Waals surface area contributed by atoms with Crippen molar-refractivity contribution in [3.8, 4) is 0 Å². The lowest BCUT2D eigenvalue weighted by atomic mass is 9.94. The van der Waals surface area contributed by atoms with Crippen molar-refractivity contribution in [3.63, 3.8) is 0 Å². The van der Waals surface area contributed by atoms with Gasteiger partial charge in [-0.2, -0.15) is 0 Å². The van der Waals surface area contributed by atoms with Crippen molar-refractivity contribution in [3.05, 3.63) is 45.9 Å². The minimum absolute atomic E-state index is 0.358. The van der Waals surface area contributed by atoms with Gasteiger partial charge in [-0.15, -0.1) is 11.3 Å². The Hall–Kier alpha value is -1.33. The van der Waals surface area contributed by atoms with Gasteiger partial charge in [0.1, 0.15) is 5.82 Å². The van der Waals surface area contributed by atoms with E-state index in [1.807, 2.05) is 12.3 Å². The van der Waals surface area contributed by atoms with Crippen LogP contribution in [-0.2, 0) is 12.0 Å². The maximum absolute atomic E-state index is 13.1. The van der Waals surface area contributed by atoms with Gasteiger partial charge in [-0.05, 0) is 19.9 Å². The van der Waals surface area contributed by atoms with Gasteiger partial charge in [-0.25, -0.2) is 9.37 Å². The Morgan fingerprint density at radius 3 is 2.82 bits per heavy atom. The molecule has 17 heavy (non-hydrogen) atoms. The second-order valence-corrected chi connectivity index (χ2v) is 5.17. The molecule has 0 bridgehead atoms. The fraction of sp³-hybridized carbons (Fsp3) is 0.333. The maximum Gasteiger partial charge on any atom is 0.141 e. The molecule has 2 heterocycles. The van der Waals surface area contributed by atoms with Crippen LogP contribution in [0.15, 0.2) is 23.8 Å². The third-order valence-electron chi connectivity index (χ3n) is 2.49. The van der Waals surface area contributed by atoms with E-state index < -0.39 is 11.4 Å². The summed E-state index contributed by atoms with van der Waals surface area (Å²) in [7, 11) is 0. The molecule has 1 unspecified atom stereocenters. The molecular formula is C12H13FN2OS. The quantitative estimate of drug-likeness (QED) is 0.912. The molecule has 2 aromatic heterocycles. The molecule has 0 amide bonds. The number of aromatic nitrogens is 2. The summed E-state index contributed by atoms with van der Waals surface area (Å²) >= 11 is 1.49. The van der Waals surface area contributed by atoms with Gasteiger partial charge in [0, 0.05) is 29.3 Å². The van der Waals surface area contributed by atoms with E-state index in [-0.39, 0.29) is 0 Å². The lowest BCUT2D eigenvalue weighted by molar-refractivity contribution is 0.0568. The molecule has 3 nitrogen and oxygen atoms in total. The summed E-state index contributed by atoms with van der Waals surface area (Å²) in [6.45, 7) is 3.54. The first kappa shape index (κ1) is 12.1. The van der Waals surface area contributed by atoms with Crippen LogP contribution in [0.3, 0.4) is 0 Å². The average molecular weight is 252 g/mol. The van der Waals surface area contributed by atoms with Crippen LogP contribution < -0.4 is 0 Å². The molecule has 5 heteroatoms. The van der Waals surface area contributed by atoms with Gasteiger partial charge in [0.25, 0.3) is 0 Å². The number of hydrogen-bond donors (Lipinski definition) is 1. The Morgan fingerprint density at radius 2 is 2.24 bits per heavy atom. The molecule has 1 atom stereocenters. The SMILES string of the molecule is Cc1csc(CC(C)(O)c2cncc(F)c2)n1. The van der Waals surface area contributed by atoms with Gasteiger partial charge in [0.05, 0.1) is 16.8 Å². The first-order valence-corrected chi connectivity index (χ1v) is 6.10. The highest BCUT2D eigenvalue weighted by molar-refractivity contribution is 7.09. The Balaban J connectivity index is 2.24. The molecule has 0 aliphatic rings.